The normalized spacial score (nSPS) is 32.6. The molecule has 1 aromatic carbocycles. The monoisotopic (exact) mass is 278 g/mol. The van der Waals surface area contributed by atoms with E-state index in [9.17, 15) is 8.78 Å². The van der Waals surface area contributed by atoms with Gasteiger partial charge in [-0.2, -0.15) is 0 Å². The van der Waals surface area contributed by atoms with Crippen LogP contribution in [0.5, 0.6) is 5.75 Å². The third-order valence-corrected chi connectivity index (χ3v) is 5.03. The molecule has 0 aliphatic heterocycles. The van der Waals surface area contributed by atoms with E-state index in [0.717, 1.165) is 11.3 Å². The van der Waals surface area contributed by atoms with E-state index in [-0.39, 0.29) is 6.61 Å². The Morgan fingerprint density at radius 2 is 1.60 bits per heavy atom. The molecular formula is C17H20F2O. The lowest BCUT2D eigenvalue weighted by molar-refractivity contribution is 0.0208. The van der Waals surface area contributed by atoms with Gasteiger partial charge >= 0.3 is 0 Å². The average molecular weight is 278 g/mol. The molecule has 0 N–H and O–H groups in total. The van der Waals surface area contributed by atoms with E-state index in [4.69, 9.17) is 4.74 Å². The molecule has 0 radical (unpaired) electrons. The molecule has 0 atom stereocenters. The molecule has 0 unspecified atom stereocenters. The van der Waals surface area contributed by atoms with Gasteiger partial charge in [-0.25, -0.2) is 8.78 Å². The lowest BCUT2D eigenvalue weighted by Gasteiger charge is -2.48. The van der Waals surface area contributed by atoms with Gasteiger partial charge in [-0.05, 0) is 44.7 Å². The highest BCUT2D eigenvalue weighted by Crippen LogP contribution is 2.60. The summed E-state index contributed by atoms with van der Waals surface area (Å²) in [6.07, 6.45) is 2.77. The van der Waals surface area contributed by atoms with Crippen LogP contribution in [-0.4, -0.2) is 6.61 Å². The largest absolute Gasteiger partial charge is 0.493 e. The number of aryl methyl sites for hydroxylation is 1. The number of halogens is 2. The Balaban J connectivity index is 1.79. The summed E-state index contributed by atoms with van der Waals surface area (Å²) in [5, 5.41) is 0. The van der Waals surface area contributed by atoms with Crippen LogP contribution in [0.1, 0.15) is 38.2 Å². The molecule has 3 aliphatic carbocycles. The van der Waals surface area contributed by atoms with Gasteiger partial charge in [-0.15, -0.1) is 0 Å². The van der Waals surface area contributed by atoms with Crippen molar-refractivity contribution in [2.75, 3.05) is 6.61 Å². The van der Waals surface area contributed by atoms with E-state index >= 15 is 0 Å². The van der Waals surface area contributed by atoms with Crippen LogP contribution in [0.3, 0.4) is 0 Å². The minimum Gasteiger partial charge on any atom is -0.493 e. The predicted octanol–water partition coefficient (Wildman–Crippen LogP) is 5.10. The molecule has 1 fully saturated rings. The van der Waals surface area contributed by atoms with Gasteiger partial charge in [-0.3, -0.25) is 0 Å². The van der Waals surface area contributed by atoms with E-state index in [1.165, 1.54) is 0 Å². The SMILES string of the molecule is Cc1ccc(OCC23CCC(C)(CC2)C(F)=C3F)cc1. The quantitative estimate of drug-likeness (QED) is 0.747. The fourth-order valence-corrected chi connectivity index (χ4v) is 3.28. The number of hydrogen-bond donors (Lipinski definition) is 0. The molecule has 1 nitrogen and oxygen atoms in total. The van der Waals surface area contributed by atoms with Crippen LogP contribution in [0.25, 0.3) is 0 Å². The van der Waals surface area contributed by atoms with E-state index in [1.807, 2.05) is 38.1 Å². The summed E-state index contributed by atoms with van der Waals surface area (Å²) < 4.78 is 34.2. The minimum atomic E-state index is -0.743. The highest BCUT2D eigenvalue weighted by Gasteiger charge is 2.53. The third-order valence-electron chi connectivity index (χ3n) is 5.03. The first kappa shape index (κ1) is 13.6. The van der Waals surface area contributed by atoms with Crippen LogP contribution in [0.2, 0.25) is 0 Å². The Hall–Kier alpha value is -1.38. The Labute approximate surface area is 118 Å². The number of benzene rings is 1. The van der Waals surface area contributed by atoms with Crippen LogP contribution in [-0.2, 0) is 0 Å². The number of rotatable bonds is 3. The summed E-state index contributed by atoms with van der Waals surface area (Å²) in [6.45, 7) is 4.06. The van der Waals surface area contributed by atoms with Crippen LogP contribution in [0.15, 0.2) is 35.9 Å². The van der Waals surface area contributed by atoms with Crippen LogP contribution in [0.4, 0.5) is 8.78 Å². The maximum Gasteiger partial charge on any atom is 0.141 e. The highest BCUT2D eigenvalue weighted by atomic mass is 19.2. The molecule has 2 bridgehead atoms. The topological polar surface area (TPSA) is 9.23 Å². The van der Waals surface area contributed by atoms with Crippen molar-refractivity contribution >= 4 is 0 Å². The Morgan fingerprint density at radius 3 is 2.20 bits per heavy atom. The molecule has 0 heterocycles. The van der Waals surface area contributed by atoms with Crippen molar-refractivity contribution in [2.45, 2.75) is 39.5 Å². The van der Waals surface area contributed by atoms with Gasteiger partial charge in [0, 0.05) is 5.41 Å². The van der Waals surface area contributed by atoms with E-state index in [2.05, 4.69) is 0 Å². The summed E-state index contributed by atoms with van der Waals surface area (Å²) >= 11 is 0. The molecule has 3 heteroatoms. The maximum absolute atomic E-state index is 14.4. The first-order valence-corrected chi connectivity index (χ1v) is 7.21. The van der Waals surface area contributed by atoms with Crippen LogP contribution in [0, 0.1) is 17.8 Å². The first-order valence-electron chi connectivity index (χ1n) is 7.21. The lowest BCUT2D eigenvalue weighted by atomic mass is 9.58. The van der Waals surface area contributed by atoms with Crippen molar-refractivity contribution in [2.24, 2.45) is 10.8 Å². The second-order valence-corrected chi connectivity index (χ2v) is 6.57. The van der Waals surface area contributed by atoms with Gasteiger partial charge in [-0.1, -0.05) is 24.6 Å². The van der Waals surface area contributed by atoms with Crippen molar-refractivity contribution in [1.29, 1.82) is 0 Å². The van der Waals surface area contributed by atoms with E-state index in [1.54, 1.807) is 0 Å². The summed E-state index contributed by atoms with van der Waals surface area (Å²) in [6, 6.07) is 7.66. The molecule has 1 aromatic rings. The molecule has 4 rings (SSSR count). The molecular weight excluding hydrogens is 258 g/mol. The van der Waals surface area contributed by atoms with Gasteiger partial charge in [0.05, 0.1) is 5.41 Å². The highest BCUT2D eigenvalue weighted by molar-refractivity contribution is 5.29. The second kappa shape index (κ2) is 4.57. The molecule has 108 valence electrons. The zero-order chi connectivity index (χ0) is 14.4. The summed E-state index contributed by atoms with van der Waals surface area (Å²) in [7, 11) is 0. The number of hydrogen-bond acceptors (Lipinski definition) is 1. The van der Waals surface area contributed by atoms with Crippen LogP contribution >= 0.6 is 0 Å². The van der Waals surface area contributed by atoms with E-state index in [0.29, 0.717) is 25.7 Å². The Kier molecular flexibility index (Phi) is 3.11. The fraction of sp³-hybridized carbons (Fsp3) is 0.529. The number of ether oxygens (including phenoxy) is 1. The maximum atomic E-state index is 14.4. The molecule has 0 spiro atoms. The second-order valence-electron chi connectivity index (χ2n) is 6.57. The standard InChI is InChI=1S/C17H20F2O/c1-12-3-5-13(6-4-12)20-11-17-9-7-16(2,8-10-17)14(18)15(17)19/h3-6H,7-11H2,1-2H3. The molecule has 0 saturated heterocycles. The smallest absolute Gasteiger partial charge is 0.141 e. The lowest BCUT2D eigenvalue weighted by Crippen LogP contribution is -2.43. The van der Waals surface area contributed by atoms with E-state index < -0.39 is 22.5 Å². The summed E-state index contributed by atoms with van der Waals surface area (Å²) in [5.74, 6) is -0.385. The van der Waals surface area contributed by atoms with Crippen LogP contribution < -0.4 is 4.74 Å². The van der Waals surface area contributed by atoms with Crippen molar-refractivity contribution < 1.29 is 13.5 Å². The van der Waals surface area contributed by atoms with Gasteiger partial charge in [0.2, 0.25) is 0 Å². The van der Waals surface area contributed by atoms with Crippen molar-refractivity contribution in [3.05, 3.63) is 41.5 Å². The first-order chi connectivity index (χ1) is 9.45. The zero-order valence-corrected chi connectivity index (χ0v) is 12.0. The zero-order valence-electron chi connectivity index (χ0n) is 12.0. The van der Waals surface area contributed by atoms with Crippen molar-refractivity contribution in [3.8, 4) is 5.75 Å². The molecule has 1 saturated carbocycles. The third kappa shape index (κ3) is 2.04. The minimum absolute atomic E-state index is 0.228. The van der Waals surface area contributed by atoms with Gasteiger partial charge in [0.15, 0.2) is 0 Å². The molecule has 20 heavy (non-hydrogen) atoms. The Morgan fingerprint density at radius 1 is 1.00 bits per heavy atom. The fourth-order valence-electron chi connectivity index (χ4n) is 3.28. The van der Waals surface area contributed by atoms with Gasteiger partial charge in [0.25, 0.3) is 0 Å². The number of allylic oxidation sites excluding steroid dienone is 1. The molecule has 0 amide bonds. The summed E-state index contributed by atoms with van der Waals surface area (Å²) in [5.41, 5.74) is -0.165. The van der Waals surface area contributed by atoms with Crippen molar-refractivity contribution in [3.63, 3.8) is 0 Å². The Bertz CT molecular complexity index is 537. The molecule has 0 aromatic heterocycles. The average Bonchev–Trinajstić information content (AvgIpc) is 2.46. The number of fused-ring (bicyclic) bond motifs is 2. The van der Waals surface area contributed by atoms with Crippen molar-refractivity contribution in [1.82, 2.24) is 0 Å². The van der Waals surface area contributed by atoms with Gasteiger partial charge in [0.1, 0.15) is 24.0 Å². The predicted molar refractivity (Wildman–Crippen MR) is 74.9 cm³/mol. The molecule has 3 aliphatic rings. The van der Waals surface area contributed by atoms with Gasteiger partial charge < -0.3 is 4.74 Å². The summed E-state index contributed by atoms with van der Waals surface area (Å²) in [4.78, 5) is 0.